The molecule has 0 unspecified atom stereocenters. The van der Waals surface area contributed by atoms with Crippen LogP contribution >= 0.6 is 0 Å². The molecule has 1 aliphatic heterocycles. The molecule has 0 radical (unpaired) electrons. The quantitative estimate of drug-likeness (QED) is 0.309. The minimum absolute atomic E-state index is 0.180. The van der Waals surface area contributed by atoms with Gasteiger partial charge in [-0.3, -0.25) is 19.9 Å². The number of aromatic nitrogens is 4. The van der Waals surface area contributed by atoms with Crippen molar-refractivity contribution in [3.63, 3.8) is 0 Å². The van der Waals surface area contributed by atoms with Crippen molar-refractivity contribution >= 4 is 29.0 Å². The molecule has 2 aromatic carbocycles. The molecule has 11 nitrogen and oxygen atoms in total. The van der Waals surface area contributed by atoms with Crippen LogP contribution in [0.4, 0.5) is 22.0 Å². The van der Waals surface area contributed by atoms with Crippen molar-refractivity contribution in [2.45, 2.75) is 0 Å². The second-order valence-electron chi connectivity index (χ2n) is 9.41. The van der Waals surface area contributed by atoms with E-state index in [9.17, 15) is 9.59 Å². The lowest BCUT2D eigenvalue weighted by Crippen LogP contribution is -2.44. The Kier molecular flexibility index (Phi) is 5.97. The third-order valence-corrected chi connectivity index (χ3v) is 6.97. The van der Waals surface area contributed by atoms with Gasteiger partial charge in [-0.2, -0.15) is 5.10 Å². The van der Waals surface area contributed by atoms with Crippen molar-refractivity contribution in [3.05, 3.63) is 72.2 Å². The number of amides is 2. The van der Waals surface area contributed by atoms with Gasteiger partial charge in [0.05, 0.1) is 28.7 Å². The topological polar surface area (TPSA) is 122 Å². The molecule has 2 aromatic heterocycles. The zero-order chi connectivity index (χ0) is 26.2. The molecule has 11 heteroatoms. The molecule has 192 valence electrons. The highest BCUT2D eigenvalue weighted by Crippen LogP contribution is 2.43. The van der Waals surface area contributed by atoms with Gasteiger partial charge in [0.2, 0.25) is 0 Å². The van der Waals surface area contributed by atoms with E-state index in [-0.39, 0.29) is 5.78 Å². The lowest BCUT2D eigenvalue weighted by molar-refractivity contribution is 0.104. The van der Waals surface area contributed by atoms with Crippen LogP contribution in [0.3, 0.4) is 0 Å². The van der Waals surface area contributed by atoms with E-state index in [1.807, 2.05) is 18.2 Å². The third kappa shape index (κ3) is 4.22. The van der Waals surface area contributed by atoms with Gasteiger partial charge < -0.3 is 15.1 Å². The van der Waals surface area contributed by atoms with Crippen molar-refractivity contribution in [1.29, 1.82) is 0 Å². The van der Waals surface area contributed by atoms with Crippen LogP contribution in [0.1, 0.15) is 15.9 Å². The molecule has 2 amide bonds. The molecule has 38 heavy (non-hydrogen) atoms. The summed E-state index contributed by atoms with van der Waals surface area (Å²) in [6.45, 7) is 4.04. The fourth-order valence-electron chi connectivity index (χ4n) is 4.92. The zero-order valence-corrected chi connectivity index (χ0v) is 21.1. The van der Waals surface area contributed by atoms with E-state index in [1.165, 1.54) is 17.4 Å². The number of nitrogens with one attached hydrogen (secondary N) is 3. The number of benzene rings is 2. The predicted molar refractivity (Wildman–Crippen MR) is 145 cm³/mol. The number of piperazine rings is 1. The van der Waals surface area contributed by atoms with Gasteiger partial charge in [-0.15, -0.1) is 0 Å². The Bertz CT molecular complexity index is 1490. The van der Waals surface area contributed by atoms with Gasteiger partial charge in [0.25, 0.3) is 0 Å². The van der Waals surface area contributed by atoms with Crippen LogP contribution in [0.5, 0.6) is 0 Å². The summed E-state index contributed by atoms with van der Waals surface area (Å²) in [6.07, 6.45) is 4.62. The molecule has 2 aliphatic rings. The highest BCUT2D eigenvalue weighted by atomic mass is 16.2. The van der Waals surface area contributed by atoms with Gasteiger partial charge in [-0.25, -0.2) is 15.2 Å². The second kappa shape index (κ2) is 9.60. The number of hydrazine groups is 1. The van der Waals surface area contributed by atoms with E-state index >= 15 is 0 Å². The summed E-state index contributed by atoms with van der Waals surface area (Å²) in [4.78, 5) is 39.2. The molecule has 1 fully saturated rings. The Balaban J connectivity index is 1.22. The monoisotopic (exact) mass is 509 g/mol. The molecule has 6 rings (SSSR count). The fourth-order valence-corrected chi connectivity index (χ4v) is 4.92. The normalized spacial score (nSPS) is 14.7. The van der Waals surface area contributed by atoms with Crippen LogP contribution in [-0.4, -0.2) is 77.2 Å². The number of carbonyl (C=O) groups excluding carboxylic acids is 2. The smallest absolute Gasteiger partial charge is 0.338 e. The number of rotatable bonds is 5. The van der Waals surface area contributed by atoms with Crippen LogP contribution in [-0.2, 0) is 0 Å². The maximum atomic E-state index is 13.7. The summed E-state index contributed by atoms with van der Waals surface area (Å²) in [5.41, 5.74) is 8.03. The first-order chi connectivity index (χ1) is 18.5. The SMILES string of the molecule is CN1CCN(c2ccc(-c3n[nH]c4c3C(=O)c3c(NC(=O)NN(C)c5cnccn5)cccc3-4)cc2)CC1. The second-order valence-corrected chi connectivity index (χ2v) is 9.41. The van der Waals surface area contributed by atoms with Crippen molar-refractivity contribution in [2.24, 2.45) is 0 Å². The van der Waals surface area contributed by atoms with Crippen molar-refractivity contribution in [2.75, 3.05) is 55.5 Å². The average Bonchev–Trinajstić information content (AvgIpc) is 3.50. The third-order valence-electron chi connectivity index (χ3n) is 6.97. The number of urea groups is 1. The summed E-state index contributed by atoms with van der Waals surface area (Å²) in [6, 6.07) is 13.0. The van der Waals surface area contributed by atoms with Gasteiger partial charge in [0, 0.05) is 62.4 Å². The molecule has 1 aliphatic carbocycles. The van der Waals surface area contributed by atoms with E-state index in [4.69, 9.17) is 0 Å². The number of anilines is 3. The summed E-state index contributed by atoms with van der Waals surface area (Å²) in [5, 5.41) is 11.8. The van der Waals surface area contributed by atoms with Crippen molar-refractivity contribution in [1.82, 2.24) is 30.5 Å². The molecular formula is C27H27N9O2. The highest BCUT2D eigenvalue weighted by molar-refractivity contribution is 6.26. The van der Waals surface area contributed by atoms with Crippen molar-refractivity contribution < 1.29 is 9.59 Å². The number of fused-ring (bicyclic) bond motifs is 3. The Morgan fingerprint density at radius 3 is 2.55 bits per heavy atom. The van der Waals surface area contributed by atoms with Crippen LogP contribution in [0, 0.1) is 0 Å². The number of hydrogen-bond donors (Lipinski definition) is 3. The molecule has 3 N–H and O–H groups in total. The minimum atomic E-state index is -0.507. The van der Waals surface area contributed by atoms with E-state index in [0.29, 0.717) is 39.6 Å². The van der Waals surface area contributed by atoms with E-state index in [2.05, 4.69) is 59.9 Å². The summed E-state index contributed by atoms with van der Waals surface area (Å²) < 4.78 is 0. The van der Waals surface area contributed by atoms with Crippen molar-refractivity contribution in [3.8, 4) is 22.5 Å². The fraction of sp³-hybridized carbons (Fsp3) is 0.222. The summed E-state index contributed by atoms with van der Waals surface area (Å²) in [5.74, 6) is 0.293. The molecule has 0 spiro atoms. The molecular weight excluding hydrogens is 482 g/mol. The minimum Gasteiger partial charge on any atom is -0.369 e. The van der Waals surface area contributed by atoms with Gasteiger partial charge in [-0.05, 0) is 25.2 Å². The molecule has 4 aromatic rings. The lowest BCUT2D eigenvalue weighted by Gasteiger charge is -2.34. The maximum absolute atomic E-state index is 13.7. The number of ketones is 1. The average molecular weight is 510 g/mol. The van der Waals surface area contributed by atoms with E-state index < -0.39 is 6.03 Å². The van der Waals surface area contributed by atoms with Crippen LogP contribution in [0.25, 0.3) is 22.5 Å². The largest absolute Gasteiger partial charge is 0.369 e. The standard InChI is InChI=1S/C27H27N9O2/c1-34-12-14-36(15-13-34)18-8-6-17(7-9-18)24-23-25(32-31-24)19-4-3-5-20(22(19)26(23)37)30-27(38)33-35(2)21-16-28-10-11-29-21/h3-11,16H,12-15H2,1-2H3,(H,31,32)(H2,30,33,38). The first-order valence-electron chi connectivity index (χ1n) is 12.4. The van der Waals surface area contributed by atoms with E-state index in [1.54, 1.807) is 25.4 Å². The number of carbonyl (C=O) groups is 2. The summed E-state index contributed by atoms with van der Waals surface area (Å²) >= 11 is 0. The number of nitrogens with zero attached hydrogens (tertiary/aromatic N) is 6. The molecule has 0 saturated carbocycles. The lowest BCUT2D eigenvalue weighted by atomic mass is 10.0. The van der Waals surface area contributed by atoms with E-state index in [0.717, 1.165) is 37.4 Å². The molecule has 1 saturated heterocycles. The first kappa shape index (κ1) is 23.6. The van der Waals surface area contributed by atoms with Gasteiger partial charge >= 0.3 is 6.03 Å². The molecule has 3 heterocycles. The molecule has 0 bridgehead atoms. The Hall–Kier alpha value is -4.77. The van der Waals surface area contributed by atoms with Crippen LogP contribution < -0.4 is 20.7 Å². The highest BCUT2D eigenvalue weighted by Gasteiger charge is 2.35. The Labute approximate surface area is 219 Å². The Morgan fingerprint density at radius 2 is 1.82 bits per heavy atom. The maximum Gasteiger partial charge on any atom is 0.338 e. The first-order valence-corrected chi connectivity index (χ1v) is 12.4. The number of hydrogen-bond acceptors (Lipinski definition) is 8. The van der Waals surface area contributed by atoms with Crippen LogP contribution in [0.2, 0.25) is 0 Å². The van der Waals surface area contributed by atoms with Gasteiger partial charge in [-0.1, -0.05) is 24.3 Å². The number of H-pyrrole nitrogens is 1. The van der Waals surface area contributed by atoms with Crippen LogP contribution in [0.15, 0.2) is 61.1 Å². The van der Waals surface area contributed by atoms with Gasteiger partial charge in [0.15, 0.2) is 11.6 Å². The Morgan fingerprint density at radius 1 is 1.03 bits per heavy atom. The number of likely N-dealkylation sites (N-methyl/N-ethyl adjacent to an activating group) is 1. The van der Waals surface area contributed by atoms with Gasteiger partial charge in [0.1, 0.15) is 5.69 Å². The summed E-state index contributed by atoms with van der Waals surface area (Å²) in [7, 11) is 3.79. The number of aromatic amines is 1. The predicted octanol–water partition coefficient (Wildman–Crippen LogP) is 3.00. The zero-order valence-electron chi connectivity index (χ0n) is 21.1. The molecule has 0 atom stereocenters.